The number of allylic oxidation sites excluding steroid dienone is 3. The van der Waals surface area contributed by atoms with Gasteiger partial charge in [0.25, 0.3) is 0 Å². The summed E-state index contributed by atoms with van der Waals surface area (Å²) in [5, 5.41) is 2.88. The number of hydrogen-bond acceptors (Lipinski definition) is 2. The predicted octanol–water partition coefficient (Wildman–Crippen LogP) is 4.69. The largest absolute Gasteiger partial charge is 0.326 e. The fourth-order valence-corrected chi connectivity index (χ4v) is 4.06. The number of hydrogen-bond donors (Lipinski definition) is 1. The number of benzene rings is 1. The Labute approximate surface area is 155 Å². The third-order valence-corrected chi connectivity index (χ3v) is 5.57. The molecular weight excluding hydrogens is 322 g/mol. The van der Waals surface area contributed by atoms with Crippen LogP contribution < -0.4 is 5.32 Å². The molecule has 1 amide bonds. The van der Waals surface area contributed by atoms with Gasteiger partial charge < -0.3 is 5.32 Å². The summed E-state index contributed by atoms with van der Waals surface area (Å²) in [6, 6.07) is 8.06. The molecule has 1 aromatic carbocycles. The lowest BCUT2D eigenvalue weighted by Gasteiger charge is -2.34. The van der Waals surface area contributed by atoms with E-state index >= 15 is 0 Å². The summed E-state index contributed by atoms with van der Waals surface area (Å²) in [7, 11) is 2.21. The zero-order valence-electron chi connectivity index (χ0n) is 15.7. The van der Waals surface area contributed by atoms with Gasteiger partial charge in [0.1, 0.15) is 17.6 Å². The topological polar surface area (TPSA) is 41.5 Å². The Bertz CT molecular complexity index is 873. The van der Waals surface area contributed by atoms with Gasteiger partial charge in [-0.25, -0.2) is 9.48 Å². The first-order chi connectivity index (χ1) is 12.5. The fourth-order valence-electron chi connectivity index (χ4n) is 4.06. The quantitative estimate of drug-likeness (QED) is 0.771. The summed E-state index contributed by atoms with van der Waals surface area (Å²) >= 11 is 0. The SMILES string of the molecule is CC(=O)Nc1cccc(C2=CC=C3C(C(C)CC4CC4)=NC=C[N+]32C)c1. The first-order valence-electron chi connectivity index (χ1n) is 9.40. The van der Waals surface area contributed by atoms with E-state index in [-0.39, 0.29) is 5.91 Å². The van der Waals surface area contributed by atoms with Gasteiger partial charge in [0, 0.05) is 36.2 Å². The van der Waals surface area contributed by atoms with Crippen LogP contribution in [0.1, 0.15) is 38.7 Å². The molecule has 4 heteroatoms. The number of nitrogens with one attached hydrogen (secondary N) is 1. The van der Waals surface area contributed by atoms with Crippen LogP contribution in [0.15, 0.2) is 59.5 Å². The molecule has 0 spiro atoms. The van der Waals surface area contributed by atoms with E-state index in [9.17, 15) is 4.79 Å². The van der Waals surface area contributed by atoms with E-state index in [0.29, 0.717) is 10.4 Å². The Balaban J connectivity index is 1.61. The van der Waals surface area contributed by atoms with E-state index in [4.69, 9.17) is 4.99 Å². The maximum Gasteiger partial charge on any atom is 0.221 e. The summed E-state index contributed by atoms with van der Waals surface area (Å²) in [6.45, 7) is 3.84. The molecule has 0 saturated heterocycles. The molecule has 0 bridgehead atoms. The Morgan fingerprint density at radius 1 is 1.31 bits per heavy atom. The van der Waals surface area contributed by atoms with Gasteiger partial charge in [-0.05, 0) is 30.5 Å². The minimum Gasteiger partial charge on any atom is -0.326 e. The predicted molar refractivity (Wildman–Crippen MR) is 106 cm³/mol. The van der Waals surface area contributed by atoms with Crippen LogP contribution in [0.4, 0.5) is 5.69 Å². The molecule has 1 aliphatic carbocycles. The van der Waals surface area contributed by atoms with Gasteiger partial charge in [-0.1, -0.05) is 25.8 Å². The van der Waals surface area contributed by atoms with Crippen molar-refractivity contribution in [2.24, 2.45) is 16.8 Å². The number of rotatable bonds is 5. The maximum atomic E-state index is 11.4. The molecule has 0 aromatic heterocycles. The number of quaternary nitrogens is 1. The van der Waals surface area contributed by atoms with Gasteiger partial charge in [0.2, 0.25) is 5.91 Å². The molecule has 2 atom stereocenters. The van der Waals surface area contributed by atoms with Crippen LogP contribution >= 0.6 is 0 Å². The minimum atomic E-state index is -0.0528. The lowest BCUT2D eigenvalue weighted by Crippen LogP contribution is -2.40. The van der Waals surface area contributed by atoms with Crippen LogP contribution in [0.3, 0.4) is 0 Å². The summed E-state index contributed by atoms with van der Waals surface area (Å²) in [5.41, 5.74) is 5.62. The van der Waals surface area contributed by atoms with Crippen molar-refractivity contribution in [1.29, 1.82) is 0 Å². The van der Waals surface area contributed by atoms with E-state index in [1.54, 1.807) is 0 Å². The van der Waals surface area contributed by atoms with Gasteiger partial charge >= 0.3 is 0 Å². The van der Waals surface area contributed by atoms with Gasteiger partial charge in [-0.2, -0.15) is 0 Å². The Kier molecular flexibility index (Phi) is 4.16. The average molecular weight is 348 g/mol. The van der Waals surface area contributed by atoms with Crippen molar-refractivity contribution >= 4 is 23.0 Å². The number of fused-ring (bicyclic) bond motifs is 1. The van der Waals surface area contributed by atoms with Crippen LogP contribution in [0.5, 0.6) is 0 Å². The van der Waals surface area contributed by atoms with Gasteiger partial charge in [-0.3, -0.25) is 4.79 Å². The number of nitrogens with zero attached hydrogens (tertiary/aromatic N) is 2. The smallest absolute Gasteiger partial charge is 0.221 e. The molecule has 4 nitrogen and oxygen atoms in total. The van der Waals surface area contributed by atoms with E-state index < -0.39 is 0 Å². The van der Waals surface area contributed by atoms with Crippen molar-refractivity contribution in [2.75, 3.05) is 12.4 Å². The molecule has 1 fully saturated rings. The molecule has 1 N–H and O–H groups in total. The highest BCUT2D eigenvalue weighted by Gasteiger charge is 2.42. The zero-order valence-corrected chi connectivity index (χ0v) is 15.7. The van der Waals surface area contributed by atoms with Crippen LogP contribution in [0, 0.1) is 11.8 Å². The van der Waals surface area contributed by atoms with E-state index in [1.807, 2.05) is 24.4 Å². The number of carbonyl (C=O) groups excluding carboxylic acids is 1. The molecular formula is C22H26N3O+. The zero-order chi connectivity index (χ0) is 18.3. The Hall–Kier alpha value is -2.46. The lowest BCUT2D eigenvalue weighted by atomic mass is 9.94. The van der Waals surface area contributed by atoms with Crippen molar-refractivity contribution in [3.05, 3.63) is 60.1 Å². The average Bonchev–Trinajstić information content (AvgIpc) is 3.32. The molecule has 4 rings (SSSR count). The van der Waals surface area contributed by atoms with Crippen molar-refractivity contribution in [3.63, 3.8) is 0 Å². The molecule has 1 aromatic rings. The van der Waals surface area contributed by atoms with Crippen LogP contribution in [-0.2, 0) is 4.79 Å². The number of aliphatic imine (C=N–C) groups is 1. The van der Waals surface area contributed by atoms with Gasteiger partial charge in [-0.15, -0.1) is 0 Å². The molecule has 134 valence electrons. The van der Waals surface area contributed by atoms with Crippen molar-refractivity contribution in [2.45, 2.75) is 33.1 Å². The first kappa shape index (κ1) is 17.0. The summed E-state index contributed by atoms with van der Waals surface area (Å²) in [4.78, 5) is 16.1. The second-order valence-electron chi connectivity index (χ2n) is 7.83. The van der Waals surface area contributed by atoms with Crippen LogP contribution in [0.25, 0.3) is 5.70 Å². The molecule has 26 heavy (non-hydrogen) atoms. The van der Waals surface area contributed by atoms with E-state index in [1.165, 1.54) is 43.3 Å². The molecule has 0 radical (unpaired) electrons. The molecule has 3 aliphatic rings. The minimum absolute atomic E-state index is 0.0528. The lowest BCUT2D eigenvalue weighted by molar-refractivity contribution is -0.735. The summed E-state index contributed by atoms with van der Waals surface area (Å²) in [6.07, 6.45) is 12.5. The molecule has 2 heterocycles. The molecule has 2 aliphatic heterocycles. The second kappa shape index (κ2) is 6.36. The third kappa shape index (κ3) is 3.06. The van der Waals surface area contributed by atoms with Crippen LogP contribution in [0.2, 0.25) is 0 Å². The number of anilines is 1. The molecule has 2 unspecified atom stereocenters. The highest BCUT2D eigenvalue weighted by molar-refractivity contribution is 6.03. The fraction of sp³-hybridized carbons (Fsp3) is 0.364. The van der Waals surface area contributed by atoms with Crippen LogP contribution in [-0.4, -0.2) is 23.1 Å². The first-order valence-corrected chi connectivity index (χ1v) is 9.40. The Morgan fingerprint density at radius 3 is 2.81 bits per heavy atom. The van der Waals surface area contributed by atoms with E-state index in [0.717, 1.165) is 17.2 Å². The van der Waals surface area contributed by atoms with Gasteiger partial charge in [0.05, 0.1) is 13.2 Å². The summed E-state index contributed by atoms with van der Waals surface area (Å²) < 4.78 is 0.636. The van der Waals surface area contributed by atoms with Crippen molar-refractivity contribution < 1.29 is 9.28 Å². The van der Waals surface area contributed by atoms with Gasteiger partial charge in [0.15, 0.2) is 5.70 Å². The molecule has 1 saturated carbocycles. The monoisotopic (exact) mass is 348 g/mol. The van der Waals surface area contributed by atoms with Crippen molar-refractivity contribution in [3.8, 4) is 0 Å². The number of carbonyl (C=O) groups is 1. The normalized spacial score (nSPS) is 25.1. The van der Waals surface area contributed by atoms with E-state index in [2.05, 4.69) is 43.7 Å². The maximum absolute atomic E-state index is 11.4. The Morgan fingerprint density at radius 2 is 2.08 bits per heavy atom. The number of amides is 1. The highest BCUT2D eigenvalue weighted by Crippen LogP contribution is 2.43. The second-order valence-corrected chi connectivity index (χ2v) is 7.83. The van der Waals surface area contributed by atoms with Crippen molar-refractivity contribution in [1.82, 2.24) is 0 Å². The highest BCUT2D eigenvalue weighted by atomic mass is 16.1. The third-order valence-electron chi connectivity index (χ3n) is 5.57. The summed E-state index contributed by atoms with van der Waals surface area (Å²) in [5.74, 6) is 1.32. The standard InChI is InChI=1S/C22H25N3O/c1-15(13-17-7-8-17)22-21-10-9-20(25(21,3)12-11-23-22)18-5-4-6-19(14-18)24-16(2)26/h4-6,9-12,14-15,17H,7-8,13H2,1-3H3/p+1.